The first-order chi connectivity index (χ1) is 14.9. The Hall–Kier alpha value is -2.25. The van der Waals surface area contributed by atoms with Crippen molar-refractivity contribution in [1.82, 2.24) is 0 Å². The Bertz CT molecular complexity index is 980. The van der Waals surface area contributed by atoms with Crippen molar-refractivity contribution >= 4 is 0 Å². The van der Waals surface area contributed by atoms with Gasteiger partial charge in [0.15, 0.2) is 0 Å². The van der Waals surface area contributed by atoms with Crippen molar-refractivity contribution in [3.05, 3.63) is 70.0 Å². The van der Waals surface area contributed by atoms with Gasteiger partial charge in [-0.05, 0) is 100.0 Å². The number of rotatable bonds is 3. The van der Waals surface area contributed by atoms with Crippen molar-refractivity contribution in [3.8, 4) is 11.8 Å². The maximum Gasteiger partial charge on any atom is 0.139 e. The lowest BCUT2D eigenvalue weighted by Gasteiger charge is -2.42. The molecule has 0 amide bonds. The summed E-state index contributed by atoms with van der Waals surface area (Å²) in [5.74, 6) is 5.54. The van der Waals surface area contributed by atoms with Gasteiger partial charge in [-0.3, -0.25) is 0 Å². The highest BCUT2D eigenvalue weighted by Gasteiger charge is 2.36. The lowest BCUT2D eigenvalue weighted by molar-refractivity contribution is -0.00956. The first kappa shape index (κ1) is 22.0. The van der Waals surface area contributed by atoms with Gasteiger partial charge in [0.1, 0.15) is 17.5 Å². The molecule has 0 bridgehead atoms. The van der Waals surface area contributed by atoms with E-state index in [1.165, 1.54) is 31.9 Å². The summed E-state index contributed by atoms with van der Waals surface area (Å²) >= 11 is 0. The van der Waals surface area contributed by atoms with Crippen LogP contribution in [0.15, 0.2) is 30.3 Å². The van der Waals surface area contributed by atoms with Crippen molar-refractivity contribution in [3.63, 3.8) is 0 Å². The standard InChI is InChI=1S/C27H29F3O/c1-3-31-24-11-10-21-14-20(8-9-22(21)15-24)23-7-6-19(27(30)16-23)5-4-18-12-25(28)17(2)26(29)13-18/h6-7,12-13,16,20-22,24H,3,8-11,14-15H2,1-2H3. The third kappa shape index (κ3) is 4.99. The minimum absolute atomic E-state index is 0.0396. The van der Waals surface area contributed by atoms with Gasteiger partial charge in [0.05, 0.1) is 11.7 Å². The van der Waals surface area contributed by atoms with Gasteiger partial charge in [-0.25, -0.2) is 13.2 Å². The van der Waals surface area contributed by atoms with Crippen LogP contribution in [-0.4, -0.2) is 12.7 Å². The monoisotopic (exact) mass is 426 g/mol. The molecule has 4 rings (SSSR count). The molecular weight excluding hydrogens is 397 g/mol. The summed E-state index contributed by atoms with van der Waals surface area (Å²) in [5.41, 5.74) is 1.43. The van der Waals surface area contributed by atoms with E-state index in [0.717, 1.165) is 43.8 Å². The molecule has 0 aliphatic heterocycles. The molecule has 4 atom stereocenters. The van der Waals surface area contributed by atoms with E-state index < -0.39 is 11.6 Å². The molecule has 2 aliphatic rings. The molecule has 0 spiro atoms. The first-order valence-electron chi connectivity index (χ1n) is 11.3. The molecule has 1 nitrogen and oxygen atoms in total. The summed E-state index contributed by atoms with van der Waals surface area (Å²) in [6.07, 6.45) is 7.25. The second-order valence-electron chi connectivity index (χ2n) is 8.97. The minimum atomic E-state index is -0.647. The van der Waals surface area contributed by atoms with Crippen LogP contribution in [0, 0.1) is 48.1 Å². The Kier molecular flexibility index (Phi) is 6.72. The first-order valence-corrected chi connectivity index (χ1v) is 11.3. The summed E-state index contributed by atoms with van der Waals surface area (Å²) in [4.78, 5) is 0. The van der Waals surface area contributed by atoms with Gasteiger partial charge >= 0.3 is 0 Å². The highest BCUT2D eigenvalue weighted by molar-refractivity contribution is 5.45. The van der Waals surface area contributed by atoms with E-state index >= 15 is 0 Å². The summed E-state index contributed by atoms with van der Waals surface area (Å²) < 4.78 is 48.0. The van der Waals surface area contributed by atoms with Crippen molar-refractivity contribution in [1.29, 1.82) is 0 Å². The maximum absolute atomic E-state index is 14.7. The van der Waals surface area contributed by atoms with Crippen LogP contribution in [0.1, 0.15) is 73.6 Å². The molecule has 0 radical (unpaired) electrons. The van der Waals surface area contributed by atoms with E-state index in [2.05, 4.69) is 18.8 Å². The number of fused-ring (bicyclic) bond motifs is 1. The predicted molar refractivity (Wildman–Crippen MR) is 116 cm³/mol. The van der Waals surface area contributed by atoms with Crippen LogP contribution in [0.3, 0.4) is 0 Å². The Labute approximate surface area is 183 Å². The second-order valence-corrected chi connectivity index (χ2v) is 8.97. The Balaban J connectivity index is 1.44. The normalized spacial score (nSPS) is 25.5. The smallest absolute Gasteiger partial charge is 0.139 e. The molecule has 0 N–H and O–H groups in total. The fourth-order valence-electron chi connectivity index (χ4n) is 5.28. The van der Waals surface area contributed by atoms with Crippen molar-refractivity contribution in [2.45, 2.75) is 64.4 Å². The van der Waals surface area contributed by atoms with Crippen LogP contribution in [0.5, 0.6) is 0 Å². The molecule has 2 aromatic rings. The molecule has 0 heterocycles. The molecule has 4 unspecified atom stereocenters. The zero-order chi connectivity index (χ0) is 22.0. The second kappa shape index (κ2) is 9.49. The lowest BCUT2D eigenvalue weighted by atomic mass is 9.65. The fraction of sp³-hybridized carbons (Fsp3) is 0.481. The molecule has 2 aliphatic carbocycles. The Morgan fingerprint density at radius 3 is 2.29 bits per heavy atom. The zero-order valence-corrected chi connectivity index (χ0v) is 18.2. The summed E-state index contributed by atoms with van der Waals surface area (Å²) in [5, 5.41) is 0. The molecule has 4 heteroatoms. The van der Waals surface area contributed by atoms with Gasteiger partial charge in [0, 0.05) is 17.7 Å². The Morgan fingerprint density at radius 2 is 1.58 bits per heavy atom. The van der Waals surface area contributed by atoms with Crippen LogP contribution in [0.25, 0.3) is 0 Å². The predicted octanol–water partition coefficient (Wildman–Crippen LogP) is 6.90. The molecule has 0 saturated heterocycles. The maximum atomic E-state index is 14.7. The van der Waals surface area contributed by atoms with Crippen molar-refractivity contribution < 1.29 is 17.9 Å². The van der Waals surface area contributed by atoms with E-state index in [1.54, 1.807) is 12.1 Å². The highest BCUT2D eigenvalue weighted by Crippen LogP contribution is 2.46. The van der Waals surface area contributed by atoms with E-state index in [-0.39, 0.29) is 22.5 Å². The SMILES string of the molecule is CCOC1CCC2CC(c3ccc(C#Cc4cc(F)c(C)c(F)c4)c(F)c3)CCC2C1. The summed E-state index contributed by atoms with van der Waals surface area (Å²) in [7, 11) is 0. The minimum Gasteiger partial charge on any atom is -0.378 e. The quantitative estimate of drug-likeness (QED) is 0.485. The molecular formula is C27H29F3O. The number of ether oxygens (including phenoxy) is 1. The molecule has 2 aromatic carbocycles. The fourth-order valence-corrected chi connectivity index (χ4v) is 5.28. The molecule has 2 fully saturated rings. The molecule has 0 aromatic heterocycles. The van der Waals surface area contributed by atoms with Crippen LogP contribution < -0.4 is 0 Å². The Morgan fingerprint density at radius 1 is 0.871 bits per heavy atom. The van der Waals surface area contributed by atoms with Crippen molar-refractivity contribution in [2.75, 3.05) is 6.61 Å². The third-order valence-corrected chi connectivity index (χ3v) is 7.05. The van der Waals surface area contributed by atoms with Gasteiger partial charge in [0.2, 0.25) is 0 Å². The van der Waals surface area contributed by atoms with Crippen molar-refractivity contribution in [2.24, 2.45) is 11.8 Å². The van der Waals surface area contributed by atoms with Crippen LogP contribution >= 0.6 is 0 Å². The lowest BCUT2D eigenvalue weighted by Crippen LogP contribution is -2.33. The molecule has 164 valence electrons. The number of hydrogen-bond donors (Lipinski definition) is 0. The van der Waals surface area contributed by atoms with E-state index in [0.29, 0.717) is 17.9 Å². The van der Waals surface area contributed by atoms with Gasteiger partial charge in [0.25, 0.3) is 0 Å². The van der Waals surface area contributed by atoms with Crippen LogP contribution in [0.2, 0.25) is 0 Å². The summed E-state index contributed by atoms with van der Waals surface area (Å²) in [6.45, 7) is 4.22. The van der Waals surface area contributed by atoms with E-state index in [4.69, 9.17) is 4.74 Å². The molecule has 2 saturated carbocycles. The van der Waals surface area contributed by atoms with Gasteiger partial charge < -0.3 is 4.74 Å². The van der Waals surface area contributed by atoms with Crippen LogP contribution in [-0.2, 0) is 4.74 Å². The number of hydrogen-bond acceptors (Lipinski definition) is 1. The van der Waals surface area contributed by atoms with E-state index in [1.807, 2.05) is 6.07 Å². The average Bonchev–Trinajstić information content (AvgIpc) is 2.76. The molecule has 31 heavy (non-hydrogen) atoms. The topological polar surface area (TPSA) is 9.23 Å². The highest BCUT2D eigenvalue weighted by atomic mass is 19.1. The number of halogens is 3. The van der Waals surface area contributed by atoms with Gasteiger partial charge in [-0.2, -0.15) is 0 Å². The van der Waals surface area contributed by atoms with E-state index in [9.17, 15) is 13.2 Å². The number of benzene rings is 2. The van der Waals surface area contributed by atoms with Gasteiger partial charge in [-0.15, -0.1) is 0 Å². The summed E-state index contributed by atoms with van der Waals surface area (Å²) in [6, 6.07) is 7.60. The third-order valence-electron chi connectivity index (χ3n) is 7.05. The van der Waals surface area contributed by atoms with Crippen LogP contribution in [0.4, 0.5) is 13.2 Å². The average molecular weight is 427 g/mol. The largest absolute Gasteiger partial charge is 0.378 e. The van der Waals surface area contributed by atoms with Gasteiger partial charge in [-0.1, -0.05) is 17.9 Å². The zero-order valence-electron chi connectivity index (χ0n) is 18.2.